The Morgan fingerprint density at radius 1 is 1.00 bits per heavy atom. The third-order valence-electron chi connectivity index (χ3n) is 3.50. The van der Waals surface area contributed by atoms with Crippen molar-refractivity contribution < 1.29 is 32.7 Å². The summed E-state index contributed by atoms with van der Waals surface area (Å²) in [5.41, 5.74) is 0. The second-order valence-electron chi connectivity index (χ2n) is 4.72. The summed E-state index contributed by atoms with van der Waals surface area (Å²) in [5, 5.41) is 4.38. The van der Waals surface area contributed by atoms with Crippen LogP contribution in [0.5, 0.6) is 0 Å². The fourth-order valence-corrected chi connectivity index (χ4v) is 2.44. The predicted octanol–water partition coefficient (Wildman–Crippen LogP) is 2.04. The second kappa shape index (κ2) is 10.9. The van der Waals surface area contributed by atoms with Crippen LogP contribution in [0.1, 0.15) is 26.7 Å². The molecule has 2 fully saturated rings. The molecule has 2 rings (SSSR count). The monoisotopic (exact) mass is 315 g/mol. The van der Waals surface area contributed by atoms with Crippen LogP contribution in [0.4, 0.5) is 0 Å². The summed E-state index contributed by atoms with van der Waals surface area (Å²) in [7, 11) is 2.23. The average Bonchev–Trinajstić information content (AvgIpc) is 2.36. The Labute approximate surface area is 133 Å². The Kier molecular flexibility index (Phi) is 11.5. The van der Waals surface area contributed by atoms with Gasteiger partial charge in [-0.3, -0.25) is 0 Å². The summed E-state index contributed by atoms with van der Waals surface area (Å²) in [4.78, 5) is 5.05. The van der Waals surface area contributed by atoms with Crippen molar-refractivity contribution in [3.05, 3.63) is 5.32 Å². The van der Waals surface area contributed by atoms with E-state index in [1.165, 1.54) is 45.6 Å². The van der Waals surface area contributed by atoms with Crippen molar-refractivity contribution in [1.82, 2.24) is 9.80 Å². The van der Waals surface area contributed by atoms with Gasteiger partial charge < -0.3 is 15.1 Å². The van der Waals surface area contributed by atoms with Crippen LogP contribution in [-0.2, 0) is 32.7 Å². The molecule has 99 valence electrons. The van der Waals surface area contributed by atoms with Gasteiger partial charge >= 0.3 is 0 Å². The molecule has 0 aromatic carbocycles. The predicted molar refractivity (Wildman–Crippen MR) is 71.1 cm³/mol. The number of nitrogens with zero attached hydrogens (tertiary/aromatic N) is 3. The molecule has 0 bridgehead atoms. The van der Waals surface area contributed by atoms with Gasteiger partial charge in [0.05, 0.1) is 0 Å². The number of likely N-dealkylation sites (tertiary alicyclic amines) is 1. The summed E-state index contributed by atoms with van der Waals surface area (Å²) in [6.07, 6.45) is 2.79. The maximum Gasteiger partial charge on any atom is 0.000920 e. The SMILES string of the molecule is CC.CN1CCC(CN2CC[N-]CC2)CC1.[Y]. The molecule has 0 aromatic rings. The molecular formula is C13H28N3Y-. The van der Waals surface area contributed by atoms with E-state index in [9.17, 15) is 0 Å². The van der Waals surface area contributed by atoms with E-state index in [4.69, 9.17) is 0 Å². The van der Waals surface area contributed by atoms with Gasteiger partial charge in [0.2, 0.25) is 0 Å². The Morgan fingerprint density at radius 2 is 1.53 bits per heavy atom. The zero-order valence-electron chi connectivity index (χ0n) is 11.9. The van der Waals surface area contributed by atoms with E-state index < -0.39 is 0 Å². The van der Waals surface area contributed by atoms with Crippen LogP contribution in [0.25, 0.3) is 5.32 Å². The summed E-state index contributed by atoms with van der Waals surface area (Å²) in [6, 6.07) is 0. The van der Waals surface area contributed by atoms with Crippen LogP contribution in [-0.4, -0.2) is 62.7 Å². The van der Waals surface area contributed by atoms with E-state index in [2.05, 4.69) is 22.2 Å². The number of hydrogen-bond acceptors (Lipinski definition) is 2. The van der Waals surface area contributed by atoms with E-state index in [0.29, 0.717) is 0 Å². The van der Waals surface area contributed by atoms with Crippen LogP contribution in [0.3, 0.4) is 0 Å². The maximum atomic E-state index is 4.38. The quantitative estimate of drug-likeness (QED) is 0.777. The number of piperazine rings is 1. The summed E-state index contributed by atoms with van der Waals surface area (Å²) in [6.45, 7) is 12.4. The molecule has 2 aliphatic rings. The molecule has 0 N–H and O–H groups in total. The zero-order chi connectivity index (χ0) is 11.8. The first-order valence-corrected chi connectivity index (χ1v) is 6.89. The first-order valence-electron chi connectivity index (χ1n) is 6.89. The van der Waals surface area contributed by atoms with E-state index in [0.717, 1.165) is 19.0 Å². The van der Waals surface area contributed by atoms with Crippen molar-refractivity contribution in [3.63, 3.8) is 0 Å². The molecule has 17 heavy (non-hydrogen) atoms. The Hall–Kier alpha value is 0.984. The number of rotatable bonds is 2. The Balaban J connectivity index is 0.000000811. The van der Waals surface area contributed by atoms with Crippen LogP contribution in [0.2, 0.25) is 0 Å². The fourth-order valence-electron chi connectivity index (χ4n) is 2.44. The van der Waals surface area contributed by atoms with Gasteiger partial charge in [0.25, 0.3) is 0 Å². The van der Waals surface area contributed by atoms with Crippen molar-refractivity contribution in [2.45, 2.75) is 26.7 Å². The van der Waals surface area contributed by atoms with Crippen molar-refractivity contribution in [3.8, 4) is 0 Å². The summed E-state index contributed by atoms with van der Waals surface area (Å²) in [5.74, 6) is 0.948. The van der Waals surface area contributed by atoms with Crippen LogP contribution in [0.15, 0.2) is 0 Å². The topological polar surface area (TPSA) is 20.6 Å². The van der Waals surface area contributed by atoms with Crippen molar-refractivity contribution in [2.24, 2.45) is 5.92 Å². The smallest absolute Gasteiger partial charge is 0.000920 e. The molecule has 1 radical (unpaired) electrons. The first kappa shape index (κ1) is 18.0. The Morgan fingerprint density at radius 3 is 2.06 bits per heavy atom. The average molecular weight is 315 g/mol. The molecule has 0 spiro atoms. The van der Waals surface area contributed by atoms with Crippen LogP contribution in [0, 0.1) is 5.92 Å². The van der Waals surface area contributed by atoms with Crippen LogP contribution >= 0.6 is 0 Å². The van der Waals surface area contributed by atoms with Gasteiger partial charge in [-0.25, -0.2) is 0 Å². The molecule has 2 heterocycles. The maximum absolute atomic E-state index is 4.38. The molecule has 0 atom stereocenters. The number of piperidine rings is 1. The molecule has 0 aliphatic carbocycles. The molecule has 0 aromatic heterocycles. The molecule has 2 aliphatic heterocycles. The van der Waals surface area contributed by atoms with Crippen LogP contribution < -0.4 is 0 Å². The standard InChI is InChI=1S/C11H22N3.C2H6.Y/c1-13-6-2-11(3-7-13)10-14-8-4-12-5-9-14;1-2;/h11H,2-10H2,1H3;1-2H3;/q-1;;. The molecule has 3 nitrogen and oxygen atoms in total. The first-order chi connectivity index (χ1) is 7.84. The number of hydrogen-bond donors (Lipinski definition) is 0. The van der Waals surface area contributed by atoms with Crippen molar-refractivity contribution in [2.75, 3.05) is 52.9 Å². The normalized spacial score (nSPS) is 23.5. The Bertz CT molecular complexity index is 164. The van der Waals surface area contributed by atoms with Gasteiger partial charge in [-0.1, -0.05) is 13.8 Å². The van der Waals surface area contributed by atoms with Crippen molar-refractivity contribution >= 4 is 0 Å². The van der Waals surface area contributed by atoms with Gasteiger partial charge in [-0.15, -0.1) is 13.1 Å². The fraction of sp³-hybridized carbons (Fsp3) is 1.00. The van der Waals surface area contributed by atoms with E-state index >= 15 is 0 Å². The van der Waals surface area contributed by atoms with Gasteiger partial charge in [0.15, 0.2) is 0 Å². The van der Waals surface area contributed by atoms with Gasteiger partial charge in [-0.05, 0) is 52.0 Å². The van der Waals surface area contributed by atoms with Gasteiger partial charge in [0.1, 0.15) is 0 Å². The molecule has 0 amide bonds. The van der Waals surface area contributed by atoms with E-state index in [1.807, 2.05) is 13.8 Å². The minimum absolute atomic E-state index is 0. The molecular weight excluding hydrogens is 287 g/mol. The van der Waals surface area contributed by atoms with E-state index in [1.54, 1.807) is 0 Å². The zero-order valence-corrected chi connectivity index (χ0v) is 14.7. The van der Waals surface area contributed by atoms with Crippen molar-refractivity contribution in [1.29, 1.82) is 0 Å². The van der Waals surface area contributed by atoms with Gasteiger partial charge in [-0.2, -0.15) is 0 Å². The summed E-state index contributed by atoms with van der Waals surface area (Å²) >= 11 is 0. The third-order valence-corrected chi connectivity index (χ3v) is 3.50. The minimum Gasteiger partial charge on any atom is -0.660 e. The van der Waals surface area contributed by atoms with Gasteiger partial charge in [0, 0.05) is 39.3 Å². The molecule has 0 unspecified atom stereocenters. The molecule has 4 heteroatoms. The largest absolute Gasteiger partial charge is 0.660 e. The second-order valence-corrected chi connectivity index (χ2v) is 4.72. The molecule has 0 saturated carbocycles. The van der Waals surface area contributed by atoms with E-state index in [-0.39, 0.29) is 32.7 Å². The minimum atomic E-state index is 0. The molecule has 2 saturated heterocycles. The third kappa shape index (κ3) is 7.22. The summed E-state index contributed by atoms with van der Waals surface area (Å²) < 4.78 is 0.